The van der Waals surface area contributed by atoms with E-state index in [9.17, 15) is 43.5 Å². The molecule has 18 heteroatoms. The Hall–Kier alpha value is -3.69. The van der Waals surface area contributed by atoms with E-state index >= 15 is 0 Å². The summed E-state index contributed by atoms with van der Waals surface area (Å²) in [5, 5.41) is 24.1. The van der Waals surface area contributed by atoms with Gasteiger partial charge in [0.15, 0.2) is 0 Å². The first kappa shape index (κ1) is 43.3. The van der Waals surface area contributed by atoms with Crippen LogP contribution in [-0.4, -0.2) is 120 Å². The zero-order valence-electron chi connectivity index (χ0n) is 29.5. The van der Waals surface area contributed by atoms with Gasteiger partial charge in [0.05, 0.1) is 37.9 Å². The molecule has 0 saturated carbocycles. The highest BCUT2D eigenvalue weighted by Crippen LogP contribution is 2.24. The van der Waals surface area contributed by atoms with Gasteiger partial charge in [-0.2, -0.15) is 0 Å². The predicted molar refractivity (Wildman–Crippen MR) is 181 cm³/mol. The van der Waals surface area contributed by atoms with Gasteiger partial charge < -0.3 is 46.4 Å². The number of Topliss-reactive ketones (excluding diaryl/α,β-unsaturated/α-hetero) is 1. The van der Waals surface area contributed by atoms with Crippen LogP contribution in [0.2, 0.25) is 0 Å². The summed E-state index contributed by atoms with van der Waals surface area (Å²) in [6, 6.07) is -2.32. The minimum absolute atomic E-state index is 0.0865. The second kappa shape index (κ2) is 20.1. The zero-order chi connectivity index (χ0) is 37.5. The largest absolute Gasteiger partial charge is 0.391 e. The Morgan fingerprint density at radius 1 is 0.857 bits per heavy atom. The number of amides is 7. The summed E-state index contributed by atoms with van der Waals surface area (Å²) in [5.41, 5.74) is -1.56. The average molecular weight is 716 g/mol. The van der Waals surface area contributed by atoms with Crippen molar-refractivity contribution in [3.8, 4) is 0 Å². The normalized spacial score (nSPS) is 15.9. The van der Waals surface area contributed by atoms with Crippen molar-refractivity contribution in [2.24, 2.45) is 11.3 Å². The quantitative estimate of drug-likeness (QED) is 0.0687. The Morgan fingerprint density at radius 2 is 1.47 bits per heavy atom. The van der Waals surface area contributed by atoms with Crippen LogP contribution < -0.4 is 31.7 Å². The third kappa shape index (κ3) is 15.6. The number of nitrogens with zero attached hydrogens (tertiary/aromatic N) is 1. The van der Waals surface area contributed by atoms with Gasteiger partial charge in [0.2, 0.25) is 41.4 Å². The Morgan fingerprint density at radius 3 is 2.06 bits per heavy atom. The molecule has 49 heavy (non-hydrogen) atoms. The van der Waals surface area contributed by atoms with Crippen molar-refractivity contribution in [3.63, 3.8) is 0 Å². The molecule has 7 amide bonds. The molecule has 0 radical (unpaired) electrons. The van der Waals surface area contributed by atoms with E-state index in [4.69, 9.17) is 4.74 Å². The van der Waals surface area contributed by atoms with E-state index in [0.717, 1.165) is 0 Å². The zero-order valence-corrected chi connectivity index (χ0v) is 30.7. The van der Waals surface area contributed by atoms with E-state index in [2.05, 4.69) is 31.7 Å². The number of ketones is 1. The number of nitrogens with one attached hydrogen (secondary N) is 6. The standard InChI is InChI=1S/C31H54N7O10P/c1-18(2)21(40)13-31(6,7)48-12-10-30(4,5)29(47)35-17-25(44)38-11-8-9-20(38)27(45)33-15-23(42)36-26(19(3)39)28(46)34-14-22(41)32-16-24(43)37-49/h18-20,26,39H,8-17,49H2,1-7H3,(H,32,41)(H,33,45)(H,34,46)(H,35,47)(H,36,42)(H,37,43). The maximum atomic E-state index is 13.0. The number of carbonyl (C=O) groups is 8. The van der Waals surface area contributed by atoms with Crippen LogP contribution in [0.5, 0.6) is 0 Å². The third-order valence-electron chi connectivity index (χ3n) is 7.89. The molecular weight excluding hydrogens is 661 g/mol. The number of carbonyl (C=O) groups excluding carboxylic acids is 8. The highest BCUT2D eigenvalue weighted by molar-refractivity contribution is 7.15. The second-order valence-corrected chi connectivity index (χ2v) is 13.8. The Balaban J connectivity index is 2.58. The lowest BCUT2D eigenvalue weighted by Gasteiger charge is -2.29. The average Bonchev–Trinajstić information content (AvgIpc) is 3.52. The molecule has 278 valence electrons. The summed E-state index contributed by atoms with van der Waals surface area (Å²) in [4.78, 5) is 100. The molecule has 7 N–H and O–H groups in total. The van der Waals surface area contributed by atoms with Gasteiger partial charge in [-0.25, -0.2) is 0 Å². The molecule has 1 heterocycles. The van der Waals surface area contributed by atoms with Gasteiger partial charge in [-0.15, -0.1) is 0 Å². The molecule has 1 fully saturated rings. The van der Waals surface area contributed by atoms with Crippen molar-refractivity contribution < 1.29 is 48.2 Å². The van der Waals surface area contributed by atoms with Gasteiger partial charge in [-0.3, -0.25) is 38.4 Å². The van der Waals surface area contributed by atoms with Crippen molar-refractivity contribution >= 4 is 56.5 Å². The molecule has 0 bridgehead atoms. The molecule has 1 aliphatic rings. The van der Waals surface area contributed by atoms with E-state index in [1.54, 1.807) is 13.8 Å². The molecule has 1 rings (SSSR count). The van der Waals surface area contributed by atoms with E-state index in [0.29, 0.717) is 19.3 Å². The topological polar surface area (TPSA) is 241 Å². The Kier molecular flexibility index (Phi) is 17.8. The number of likely N-dealkylation sites (tertiary alicyclic amines) is 1. The summed E-state index contributed by atoms with van der Waals surface area (Å²) >= 11 is 0. The number of rotatable bonds is 20. The first-order valence-corrected chi connectivity index (χ1v) is 16.8. The Bertz CT molecular complexity index is 1230. The van der Waals surface area contributed by atoms with E-state index in [-0.39, 0.29) is 50.3 Å². The number of ether oxygens (including phenoxy) is 1. The summed E-state index contributed by atoms with van der Waals surface area (Å²) in [6.45, 7) is 10.8. The van der Waals surface area contributed by atoms with Crippen LogP contribution in [0, 0.1) is 11.3 Å². The summed E-state index contributed by atoms with van der Waals surface area (Å²) in [6.07, 6.45) is 0.111. The van der Waals surface area contributed by atoms with Gasteiger partial charge in [0.1, 0.15) is 17.9 Å². The summed E-state index contributed by atoms with van der Waals surface area (Å²) < 4.78 is 5.90. The van der Waals surface area contributed by atoms with Crippen LogP contribution in [0.4, 0.5) is 0 Å². The van der Waals surface area contributed by atoms with Crippen LogP contribution in [0.15, 0.2) is 0 Å². The lowest BCUT2D eigenvalue weighted by Crippen LogP contribution is -2.56. The van der Waals surface area contributed by atoms with Gasteiger partial charge >= 0.3 is 0 Å². The molecule has 17 nitrogen and oxygen atoms in total. The number of hydrogen-bond donors (Lipinski definition) is 7. The molecule has 0 spiro atoms. The first-order valence-electron chi connectivity index (χ1n) is 16.2. The van der Waals surface area contributed by atoms with Crippen LogP contribution >= 0.6 is 9.39 Å². The predicted octanol–water partition coefficient (Wildman–Crippen LogP) is -1.96. The van der Waals surface area contributed by atoms with Crippen LogP contribution in [0.3, 0.4) is 0 Å². The number of aliphatic hydroxyl groups is 1. The Labute approximate surface area is 289 Å². The van der Waals surface area contributed by atoms with E-state index in [1.807, 2.05) is 37.1 Å². The fourth-order valence-corrected chi connectivity index (χ4v) is 4.79. The van der Waals surface area contributed by atoms with E-state index < -0.39 is 77.7 Å². The lowest BCUT2D eigenvalue weighted by molar-refractivity contribution is -0.140. The molecule has 0 aromatic heterocycles. The molecule has 1 aliphatic heterocycles. The van der Waals surface area contributed by atoms with E-state index in [1.165, 1.54) is 11.8 Å². The molecule has 4 unspecified atom stereocenters. The minimum Gasteiger partial charge on any atom is -0.391 e. The van der Waals surface area contributed by atoms with Crippen LogP contribution in [0.1, 0.15) is 74.1 Å². The molecule has 0 aromatic rings. The molecule has 1 saturated heterocycles. The molecular formula is C31H54N7O10P. The number of hydrogen-bond acceptors (Lipinski definition) is 10. The maximum Gasteiger partial charge on any atom is 0.245 e. The lowest BCUT2D eigenvalue weighted by atomic mass is 9.88. The minimum atomic E-state index is -1.45. The summed E-state index contributed by atoms with van der Waals surface area (Å²) in [7, 11) is 1.98. The summed E-state index contributed by atoms with van der Waals surface area (Å²) in [5.74, 6) is -4.30. The fourth-order valence-electron chi connectivity index (χ4n) is 4.69. The van der Waals surface area contributed by atoms with Gasteiger partial charge in [-0.1, -0.05) is 27.7 Å². The van der Waals surface area contributed by atoms with Crippen LogP contribution in [0.25, 0.3) is 0 Å². The van der Waals surface area contributed by atoms with Crippen LogP contribution in [-0.2, 0) is 43.1 Å². The fraction of sp³-hybridized carbons (Fsp3) is 0.742. The molecule has 0 aromatic carbocycles. The van der Waals surface area contributed by atoms with Crippen molar-refractivity contribution in [2.45, 2.75) is 97.9 Å². The van der Waals surface area contributed by atoms with Crippen molar-refractivity contribution in [2.75, 3.05) is 39.3 Å². The van der Waals surface area contributed by atoms with Gasteiger partial charge in [0.25, 0.3) is 0 Å². The molecule has 4 atom stereocenters. The molecule has 0 aliphatic carbocycles. The first-order chi connectivity index (χ1) is 22.7. The highest BCUT2D eigenvalue weighted by atomic mass is 31.0. The smallest absolute Gasteiger partial charge is 0.245 e. The SMILES string of the molecule is CC(C)C(=O)CC(C)(C)OCCC(C)(C)C(=O)NCC(=O)N1CCCC1C(=O)NCC(=O)NC(C(=O)NCC(=O)NCC(=O)NP)C(C)O. The maximum absolute atomic E-state index is 13.0. The monoisotopic (exact) mass is 715 g/mol. The third-order valence-corrected chi connectivity index (χ3v) is 8.21. The van der Waals surface area contributed by atoms with Crippen molar-refractivity contribution in [1.29, 1.82) is 0 Å². The highest BCUT2D eigenvalue weighted by Gasteiger charge is 2.36. The van der Waals surface area contributed by atoms with Gasteiger partial charge in [0, 0.05) is 30.9 Å². The van der Waals surface area contributed by atoms with Crippen molar-refractivity contribution in [1.82, 2.24) is 36.6 Å². The second-order valence-electron chi connectivity index (χ2n) is 13.5. The number of aliphatic hydroxyl groups excluding tert-OH is 1. The van der Waals surface area contributed by atoms with Crippen molar-refractivity contribution in [3.05, 3.63) is 0 Å². The van der Waals surface area contributed by atoms with Gasteiger partial charge in [-0.05, 0) is 49.4 Å².